The zero-order valence-corrected chi connectivity index (χ0v) is 22.3. The molecule has 4 atom stereocenters. The average Bonchev–Trinajstić information content (AvgIpc) is 3.18. The monoisotopic (exact) mass is 547 g/mol. The molecule has 10 nitrogen and oxygen atoms in total. The Labute approximate surface area is 230 Å². The van der Waals surface area contributed by atoms with Gasteiger partial charge in [0, 0.05) is 29.2 Å². The molecule has 40 heavy (non-hydrogen) atoms. The van der Waals surface area contributed by atoms with Crippen molar-refractivity contribution in [3.63, 3.8) is 0 Å². The molecule has 5 rings (SSSR count). The Kier molecular flexibility index (Phi) is 6.95. The Balaban J connectivity index is 1.58. The second-order valence-corrected chi connectivity index (χ2v) is 10.4. The first-order chi connectivity index (χ1) is 19.1. The molecule has 2 amide bonds. The number of hydrogen-bond donors (Lipinski definition) is 2. The number of imide groups is 1. The van der Waals surface area contributed by atoms with Crippen molar-refractivity contribution in [2.75, 3.05) is 20.8 Å². The van der Waals surface area contributed by atoms with Crippen LogP contribution in [0.2, 0.25) is 0 Å². The standard InChI is InChI=1S/C30H29NO9/c1-14-10-21(32)20-13-19-16(6-7-18-26(19)30(38)31(29(18)37)9-8-24(33)34)17(25(20)27(14)35)5-4-15-11-22(39-2)28(36)23(12-15)40-3/h4-6,10-12,17-19,26,36H,7-9,13H2,1-3H3,(H,33,34)/t17-,18-,19+,26-/m0/s1. The fourth-order valence-corrected chi connectivity index (χ4v) is 6.35. The molecule has 0 radical (unpaired) electrons. The van der Waals surface area contributed by atoms with Gasteiger partial charge in [-0.15, -0.1) is 0 Å². The van der Waals surface area contributed by atoms with Crippen LogP contribution in [0.3, 0.4) is 0 Å². The Bertz CT molecular complexity index is 1450. The first-order valence-corrected chi connectivity index (χ1v) is 13.0. The number of ether oxygens (including phenoxy) is 2. The number of benzene rings is 1. The third-order valence-electron chi connectivity index (χ3n) is 8.24. The number of fused-ring (bicyclic) bond motifs is 3. The number of likely N-dealkylation sites (tertiary alicyclic amines) is 1. The highest BCUT2D eigenvalue weighted by atomic mass is 16.5. The number of nitrogens with zero attached hydrogens (tertiary/aromatic N) is 1. The number of carbonyl (C=O) groups is 5. The normalized spacial score (nSPS) is 25.9. The SMILES string of the molecule is COc1cc(C=C[C@H]2C3=CC[C@@H]4C(=O)N(CCC(=O)O)C(=O)[C@@H]4[C@@H]3CC3=C2C(=O)C(C)=CC3=O)cc(OC)c1O. The molecule has 4 aliphatic rings. The van der Waals surface area contributed by atoms with Crippen molar-refractivity contribution in [1.29, 1.82) is 0 Å². The van der Waals surface area contributed by atoms with E-state index >= 15 is 0 Å². The van der Waals surface area contributed by atoms with Crippen molar-refractivity contribution in [2.45, 2.75) is 26.2 Å². The first-order valence-electron chi connectivity index (χ1n) is 13.0. The van der Waals surface area contributed by atoms with Crippen LogP contribution in [0.25, 0.3) is 6.08 Å². The van der Waals surface area contributed by atoms with E-state index in [0.29, 0.717) is 22.3 Å². The summed E-state index contributed by atoms with van der Waals surface area (Å²) in [5.74, 6) is -4.76. The number of phenolic OH excluding ortho intramolecular Hbond substituents is 1. The quantitative estimate of drug-likeness (QED) is 0.299. The topological polar surface area (TPSA) is 148 Å². The predicted molar refractivity (Wildman–Crippen MR) is 141 cm³/mol. The second-order valence-electron chi connectivity index (χ2n) is 10.4. The molecule has 10 heteroatoms. The van der Waals surface area contributed by atoms with E-state index in [2.05, 4.69) is 0 Å². The summed E-state index contributed by atoms with van der Waals surface area (Å²) in [6.07, 6.45) is 6.79. The zero-order chi connectivity index (χ0) is 28.9. The molecule has 0 spiro atoms. The third-order valence-corrected chi connectivity index (χ3v) is 8.24. The Hall–Kier alpha value is -4.47. The summed E-state index contributed by atoms with van der Waals surface area (Å²) in [5, 5.41) is 19.4. The van der Waals surface area contributed by atoms with E-state index in [1.165, 1.54) is 20.3 Å². The number of hydrogen-bond acceptors (Lipinski definition) is 8. The number of methoxy groups -OCH3 is 2. The summed E-state index contributed by atoms with van der Waals surface area (Å²) in [6, 6.07) is 3.21. The molecular weight excluding hydrogens is 518 g/mol. The van der Waals surface area contributed by atoms with Crippen molar-refractivity contribution in [1.82, 2.24) is 4.90 Å². The lowest BCUT2D eigenvalue weighted by Gasteiger charge is -2.41. The van der Waals surface area contributed by atoms with Crippen molar-refractivity contribution in [3.8, 4) is 17.2 Å². The fourth-order valence-electron chi connectivity index (χ4n) is 6.35. The number of amides is 2. The van der Waals surface area contributed by atoms with E-state index < -0.39 is 41.5 Å². The summed E-state index contributed by atoms with van der Waals surface area (Å²) in [5.41, 5.74) is 2.41. The Morgan fingerprint density at radius 1 is 1.07 bits per heavy atom. The van der Waals surface area contributed by atoms with E-state index in [1.54, 1.807) is 31.2 Å². The maximum atomic E-state index is 13.5. The minimum Gasteiger partial charge on any atom is -0.502 e. The van der Waals surface area contributed by atoms with Crippen molar-refractivity contribution < 1.29 is 43.7 Å². The van der Waals surface area contributed by atoms with E-state index in [1.807, 2.05) is 6.08 Å². The molecule has 0 saturated carbocycles. The van der Waals surface area contributed by atoms with E-state index in [-0.39, 0.29) is 54.6 Å². The fraction of sp³-hybridized carbons (Fsp3) is 0.367. The van der Waals surface area contributed by atoms with Gasteiger partial charge in [-0.3, -0.25) is 28.9 Å². The molecule has 208 valence electrons. The van der Waals surface area contributed by atoms with Crippen LogP contribution in [0.4, 0.5) is 0 Å². The van der Waals surface area contributed by atoms with Crippen LogP contribution in [-0.2, 0) is 24.0 Å². The number of carboxylic acids is 1. The summed E-state index contributed by atoms with van der Waals surface area (Å²) in [7, 11) is 2.82. The summed E-state index contributed by atoms with van der Waals surface area (Å²) < 4.78 is 10.5. The summed E-state index contributed by atoms with van der Waals surface area (Å²) in [4.78, 5) is 65.3. The smallest absolute Gasteiger partial charge is 0.305 e. The van der Waals surface area contributed by atoms with Gasteiger partial charge in [0.15, 0.2) is 23.1 Å². The van der Waals surface area contributed by atoms with Crippen LogP contribution in [0, 0.1) is 23.7 Å². The highest BCUT2D eigenvalue weighted by molar-refractivity contribution is 6.23. The zero-order valence-electron chi connectivity index (χ0n) is 22.3. The van der Waals surface area contributed by atoms with Gasteiger partial charge in [-0.05, 0) is 49.5 Å². The largest absolute Gasteiger partial charge is 0.502 e. The third kappa shape index (κ3) is 4.33. The van der Waals surface area contributed by atoms with E-state index in [0.717, 1.165) is 10.5 Å². The van der Waals surface area contributed by atoms with Crippen molar-refractivity contribution in [2.24, 2.45) is 23.7 Å². The molecule has 1 saturated heterocycles. The Morgan fingerprint density at radius 2 is 1.75 bits per heavy atom. The molecular formula is C30H29NO9. The van der Waals surface area contributed by atoms with Gasteiger partial charge >= 0.3 is 5.97 Å². The van der Waals surface area contributed by atoms with Gasteiger partial charge in [0.2, 0.25) is 17.6 Å². The molecule has 0 unspecified atom stereocenters. The van der Waals surface area contributed by atoms with Gasteiger partial charge in [-0.2, -0.15) is 0 Å². The van der Waals surface area contributed by atoms with Gasteiger partial charge in [0.1, 0.15) is 0 Å². The van der Waals surface area contributed by atoms with Crippen LogP contribution >= 0.6 is 0 Å². The van der Waals surface area contributed by atoms with E-state index in [9.17, 15) is 29.1 Å². The minimum absolute atomic E-state index is 0.147. The lowest BCUT2D eigenvalue weighted by atomic mass is 9.60. The molecule has 1 aliphatic heterocycles. The molecule has 2 N–H and O–H groups in total. The number of rotatable bonds is 7. The Morgan fingerprint density at radius 3 is 2.38 bits per heavy atom. The summed E-state index contributed by atoms with van der Waals surface area (Å²) >= 11 is 0. The van der Waals surface area contributed by atoms with Crippen LogP contribution in [0.1, 0.15) is 31.7 Å². The number of Topliss-reactive ketones (excluding diaryl/α,β-unsaturated/α-hetero) is 1. The van der Waals surface area contributed by atoms with Gasteiger partial charge in [0.25, 0.3) is 0 Å². The van der Waals surface area contributed by atoms with Gasteiger partial charge in [-0.25, -0.2) is 0 Å². The van der Waals surface area contributed by atoms with Crippen LogP contribution in [0.5, 0.6) is 17.2 Å². The number of ketones is 2. The molecule has 1 aromatic rings. The van der Waals surface area contributed by atoms with Crippen molar-refractivity contribution >= 4 is 35.4 Å². The molecule has 1 heterocycles. The number of aromatic hydroxyl groups is 1. The highest BCUT2D eigenvalue weighted by Gasteiger charge is 2.55. The van der Waals surface area contributed by atoms with Gasteiger partial charge in [-0.1, -0.05) is 23.8 Å². The summed E-state index contributed by atoms with van der Waals surface area (Å²) in [6.45, 7) is 1.39. The van der Waals surface area contributed by atoms with Crippen LogP contribution < -0.4 is 9.47 Å². The van der Waals surface area contributed by atoms with Crippen LogP contribution in [0.15, 0.2) is 52.7 Å². The molecule has 1 aromatic carbocycles. The maximum Gasteiger partial charge on any atom is 0.305 e. The maximum absolute atomic E-state index is 13.5. The van der Waals surface area contributed by atoms with Gasteiger partial charge < -0.3 is 19.7 Å². The number of carbonyl (C=O) groups excluding carboxylic acids is 4. The number of phenols is 1. The number of aliphatic carboxylic acids is 1. The number of allylic oxidation sites excluding steroid dienone is 7. The lowest BCUT2D eigenvalue weighted by molar-refractivity contribution is -0.142. The lowest BCUT2D eigenvalue weighted by Crippen LogP contribution is -2.40. The van der Waals surface area contributed by atoms with Crippen LogP contribution in [-0.4, -0.2) is 65.2 Å². The van der Waals surface area contributed by atoms with Crippen molar-refractivity contribution in [3.05, 3.63) is 58.2 Å². The van der Waals surface area contributed by atoms with E-state index in [4.69, 9.17) is 14.6 Å². The number of carboxylic acid groups (broad SMARTS) is 1. The molecule has 0 aromatic heterocycles. The average molecular weight is 548 g/mol. The molecule has 1 fully saturated rings. The highest BCUT2D eigenvalue weighted by Crippen LogP contribution is 2.52. The molecule has 3 aliphatic carbocycles. The second kappa shape index (κ2) is 10.3. The predicted octanol–water partition coefficient (Wildman–Crippen LogP) is 2.86. The van der Waals surface area contributed by atoms with Gasteiger partial charge in [0.05, 0.1) is 32.5 Å². The first kappa shape index (κ1) is 27.1. The molecule has 0 bridgehead atoms. The minimum atomic E-state index is -1.11.